The second kappa shape index (κ2) is 12.1. The molecule has 0 fully saturated rings. The fraction of sp³-hybridized carbons (Fsp3) is 0.241. The van der Waals surface area contributed by atoms with Crippen molar-refractivity contribution in [3.05, 3.63) is 101 Å². The monoisotopic (exact) mass is 579 g/mol. The van der Waals surface area contributed by atoms with Crippen molar-refractivity contribution in [3.63, 3.8) is 0 Å². The van der Waals surface area contributed by atoms with E-state index in [0.29, 0.717) is 39.5 Å². The number of thioether (sulfide) groups is 1. The van der Waals surface area contributed by atoms with Crippen LogP contribution in [0.2, 0.25) is 0 Å². The highest BCUT2D eigenvalue weighted by atomic mass is 32.2. The molecule has 1 N–H and O–H groups in total. The number of anilines is 1. The zero-order valence-corrected chi connectivity index (χ0v) is 23.4. The normalized spacial score (nSPS) is 15.3. The molecule has 1 atom stereocenters. The van der Waals surface area contributed by atoms with E-state index in [1.54, 1.807) is 48.5 Å². The molecule has 0 saturated heterocycles. The summed E-state index contributed by atoms with van der Waals surface area (Å²) in [6.45, 7) is 4.71. The van der Waals surface area contributed by atoms with Gasteiger partial charge in [0.25, 0.3) is 5.91 Å². The highest BCUT2D eigenvalue weighted by Crippen LogP contribution is 2.44. The first-order valence-corrected chi connectivity index (χ1v) is 14.4. The number of carbonyl (C=O) groups excluding carboxylic acids is 2. The van der Waals surface area contributed by atoms with E-state index < -0.39 is 23.5 Å². The molecule has 0 radical (unpaired) electrons. The second-order valence-electron chi connectivity index (χ2n) is 9.48. The molecule has 40 heavy (non-hydrogen) atoms. The first-order valence-electron chi connectivity index (χ1n) is 12.6. The quantitative estimate of drug-likeness (QED) is 0.118. The average molecular weight is 580 g/mol. The Labute approximate surface area is 238 Å². The van der Waals surface area contributed by atoms with E-state index in [1.165, 1.54) is 35.1 Å². The number of aromatic nitrogens is 2. The van der Waals surface area contributed by atoms with Crippen molar-refractivity contribution in [2.24, 2.45) is 5.92 Å². The molecule has 1 amide bonds. The summed E-state index contributed by atoms with van der Waals surface area (Å²) in [4.78, 5) is 28.1. The lowest BCUT2D eigenvalue weighted by Crippen LogP contribution is -2.31. The standard InChI is InChI=1S/C29H26FN3O5S2/c1-17(2)12-14-37-20-9-5-8-18(15-20)24-23(25(34)22-11-6-13-38-22)26(35)27(36)33(24)28-31-32-29(40-28)39-16-19-7-3-4-10-21(19)30/h3-11,13,15,17,24,35H,12,14,16H2,1-2H3. The molecule has 0 saturated carbocycles. The number of furan rings is 1. The predicted molar refractivity (Wildman–Crippen MR) is 150 cm³/mol. The van der Waals surface area contributed by atoms with Crippen LogP contribution in [-0.4, -0.2) is 33.6 Å². The molecule has 1 unspecified atom stereocenters. The molecule has 8 nitrogen and oxygen atoms in total. The van der Waals surface area contributed by atoms with Crippen LogP contribution in [0, 0.1) is 11.7 Å². The van der Waals surface area contributed by atoms with Crippen LogP contribution in [0.1, 0.15) is 48.0 Å². The summed E-state index contributed by atoms with van der Waals surface area (Å²) in [7, 11) is 0. The van der Waals surface area contributed by atoms with Crippen molar-refractivity contribution in [3.8, 4) is 5.75 Å². The van der Waals surface area contributed by atoms with E-state index in [1.807, 2.05) is 0 Å². The van der Waals surface area contributed by atoms with Crippen LogP contribution < -0.4 is 9.64 Å². The highest BCUT2D eigenvalue weighted by molar-refractivity contribution is 8.00. The van der Waals surface area contributed by atoms with Gasteiger partial charge in [0.2, 0.25) is 10.9 Å². The van der Waals surface area contributed by atoms with E-state index in [2.05, 4.69) is 24.0 Å². The predicted octanol–water partition coefficient (Wildman–Crippen LogP) is 6.77. The third-order valence-corrected chi connectivity index (χ3v) is 8.35. The molecule has 11 heteroatoms. The first kappa shape index (κ1) is 27.6. The molecule has 4 aromatic rings. The van der Waals surface area contributed by atoms with Crippen molar-refractivity contribution < 1.29 is 28.2 Å². The second-order valence-corrected chi connectivity index (χ2v) is 11.7. The summed E-state index contributed by atoms with van der Waals surface area (Å²) in [5.74, 6) is -1.06. The van der Waals surface area contributed by atoms with Crippen LogP contribution in [0.15, 0.2) is 87.0 Å². The maximum atomic E-state index is 14.1. The van der Waals surface area contributed by atoms with Gasteiger partial charge < -0.3 is 14.3 Å². The number of ether oxygens (including phenoxy) is 1. The van der Waals surface area contributed by atoms with Gasteiger partial charge in [0.05, 0.1) is 24.5 Å². The Morgan fingerprint density at radius 2 is 2.00 bits per heavy atom. The number of rotatable bonds is 11. The number of carbonyl (C=O) groups is 2. The minimum atomic E-state index is -1.00. The van der Waals surface area contributed by atoms with Crippen molar-refractivity contribution in [1.29, 1.82) is 0 Å². The molecule has 206 valence electrons. The fourth-order valence-electron chi connectivity index (χ4n) is 4.19. The van der Waals surface area contributed by atoms with Gasteiger partial charge in [0.1, 0.15) is 11.6 Å². The summed E-state index contributed by atoms with van der Waals surface area (Å²) in [6, 6.07) is 15.5. The SMILES string of the molecule is CC(C)CCOc1cccc(C2C(C(=O)c3ccco3)=C(O)C(=O)N2c2nnc(SCc3ccccc3F)s2)c1. The maximum absolute atomic E-state index is 14.1. The van der Waals surface area contributed by atoms with Crippen LogP contribution in [-0.2, 0) is 10.5 Å². The summed E-state index contributed by atoms with van der Waals surface area (Å²) < 4.78 is 25.8. The number of benzene rings is 2. The molecule has 1 aliphatic rings. The Kier molecular flexibility index (Phi) is 8.32. The fourth-order valence-corrected chi connectivity index (χ4v) is 6.04. The van der Waals surface area contributed by atoms with Crippen LogP contribution in [0.5, 0.6) is 5.75 Å². The lowest BCUT2D eigenvalue weighted by Gasteiger charge is -2.24. The van der Waals surface area contributed by atoms with Gasteiger partial charge in [-0.05, 0) is 53.8 Å². The van der Waals surface area contributed by atoms with Gasteiger partial charge in [-0.25, -0.2) is 4.39 Å². The van der Waals surface area contributed by atoms with Crippen molar-refractivity contribution in [2.75, 3.05) is 11.5 Å². The van der Waals surface area contributed by atoms with E-state index in [-0.39, 0.29) is 22.3 Å². The van der Waals surface area contributed by atoms with Gasteiger partial charge in [-0.15, -0.1) is 10.2 Å². The van der Waals surface area contributed by atoms with Gasteiger partial charge >= 0.3 is 0 Å². The van der Waals surface area contributed by atoms with Gasteiger partial charge in [-0.3, -0.25) is 14.5 Å². The third-order valence-electron chi connectivity index (χ3n) is 6.25. The molecule has 5 rings (SSSR count). The Morgan fingerprint density at radius 3 is 2.75 bits per heavy atom. The highest BCUT2D eigenvalue weighted by Gasteiger charge is 2.46. The van der Waals surface area contributed by atoms with E-state index in [9.17, 15) is 19.1 Å². The molecule has 2 aromatic carbocycles. The Bertz CT molecular complexity index is 1550. The first-order chi connectivity index (χ1) is 19.3. The number of nitrogens with zero attached hydrogens (tertiary/aromatic N) is 3. The largest absolute Gasteiger partial charge is 0.503 e. The van der Waals surface area contributed by atoms with Crippen LogP contribution in [0.4, 0.5) is 9.52 Å². The number of aliphatic hydroxyl groups is 1. The molecule has 2 aromatic heterocycles. The topological polar surface area (TPSA) is 106 Å². The van der Waals surface area contributed by atoms with E-state index in [4.69, 9.17) is 9.15 Å². The van der Waals surface area contributed by atoms with Crippen LogP contribution >= 0.6 is 23.1 Å². The lowest BCUT2D eigenvalue weighted by molar-refractivity contribution is -0.117. The zero-order chi connectivity index (χ0) is 28.2. The van der Waals surface area contributed by atoms with Crippen LogP contribution in [0.25, 0.3) is 0 Å². The molecule has 0 spiro atoms. The summed E-state index contributed by atoms with van der Waals surface area (Å²) >= 11 is 2.39. The number of aliphatic hydroxyl groups excluding tert-OH is 1. The Hall–Kier alpha value is -3.96. The molecular weight excluding hydrogens is 553 g/mol. The smallest absolute Gasteiger partial charge is 0.296 e. The third kappa shape index (κ3) is 5.80. The van der Waals surface area contributed by atoms with E-state index in [0.717, 1.165) is 17.8 Å². The molecular formula is C29H26FN3O5S2. The summed E-state index contributed by atoms with van der Waals surface area (Å²) in [5, 5.41) is 19.5. The Morgan fingerprint density at radius 1 is 1.18 bits per heavy atom. The minimum Gasteiger partial charge on any atom is -0.503 e. The van der Waals surface area contributed by atoms with E-state index >= 15 is 0 Å². The van der Waals surface area contributed by atoms with Crippen molar-refractivity contribution in [2.45, 2.75) is 36.4 Å². The number of Topliss-reactive ketones (excluding diaryl/α,β-unsaturated/α-hetero) is 1. The zero-order valence-electron chi connectivity index (χ0n) is 21.7. The molecule has 3 heterocycles. The number of halogens is 1. The minimum absolute atomic E-state index is 0.0102. The number of hydrogen-bond donors (Lipinski definition) is 1. The number of amides is 1. The van der Waals surface area contributed by atoms with Gasteiger partial charge in [0.15, 0.2) is 15.9 Å². The van der Waals surface area contributed by atoms with Gasteiger partial charge in [-0.1, -0.05) is 67.3 Å². The van der Waals surface area contributed by atoms with Crippen LogP contribution in [0.3, 0.4) is 0 Å². The summed E-state index contributed by atoms with van der Waals surface area (Å²) in [6.07, 6.45) is 2.21. The number of ketones is 1. The van der Waals surface area contributed by atoms with Gasteiger partial charge in [-0.2, -0.15) is 0 Å². The average Bonchev–Trinajstić information content (AvgIpc) is 3.69. The number of hydrogen-bond acceptors (Lipinski definition) is 9. The van der Waals surface area contributed by atoms with Gasteiger partial charge in [0, 0.05) is 5.75 Å². The van der Waals surface area contributed by atoms with Crippen molar-refractivity contribution in [1.82, 2.24) is 10.2 Å². The molecule has 0 bridgehead atoms. The molecule has 0 aliphatic carbocycles. The van der Waals surface area contributed by atoms with Crippen molar-refractivity contribution >= 4 is 39.9 Å². The molecule has 1 aliphatic heterocycles. The lowest BCUT2D eigenvalue weighted by atomic mass is 9.95. The summed E-state index contributed by atoms with van der Waals surface area (Å²) in [5.41, 5.74) is 0.930. The maximum Gasteiger partial charge on any atom is 0.296 e. The Balaban J connectivity index is 1.48.